The van der Waals surface area contributed by atoms with Gasteiger partial charge >= 0.3 is 6.03 Å². The van der Waals surface area contributed by atoms with E-state index in [0.29, 0.717) is 17.9 Å². The number of amides is 3. The van der Waals surface area contributed by atoms with Crippen LogP contribution in [0, 0.1) is 13.8 Å². The van der Waals surface area contributed by atoms with Crippen molar-refractivity contribution < 1.29 is 19.1 Å². The third-order valence-electron chi connectivity index (χ3n) is 5.28. The molecule has 8 nitrogen and oxygen atoms in total. The molecular weight excluding hydrogens is 372 g/mol. The lowest BCUT2D eigenvalue weighted by Crippen LogP contribution is -2.40. The van der Waals surface area contributed by atoms with E-state index < -0.39 is 17.5 Å². The Kier molecular flexibility index (Phi) is 5.74. The lowest BCUT2D eigenvalue weighted by Gasteiger charge is -2.21. The number of urea groups is 1. The van der Waals surface area contributed by atoms with Crippen molar-refractivity contribution in [2.45, 2.75) is 32.9 Å². The molecule has 29 heavy (non-hydrogen) atoms. The number of imide groups is 1. The van der Waals surface area contributed by atoms with Gasteiger partial charge in [0.25, 0.3) is 5.91 Å². The number of carbonyl (C=O) groups excluding carboxylic acids is 2. The van der Waals surface area contributed by atoms with E-state index in [1.807, 2.05) is 19.9 Å². The topological polar surface area (TPSA) is 85.2 Å². The van der Waals surface area contributed by atoms with Gasteiger partial charge in [-0.2, -0.15) is 5.10 Å². The largest absolute Gasteiger partial charge is 0.497 e. The van der Waals surface area contributed by atoms with Crippen molar-refractivity contribution in [3.63, 3.8) is 0 Å². The number of aryl methyl sites for hydroxylation is 1. The molecule has 2 heterocycles. The Bertz CT molecular complexity index is 948. The molecule has 3 rings (SSSR count). The van der Waals surface area contributed by atoms with Gasteiger partial charge in [-0.05, 0) is 44.5 Å². The van der Waals surface area contributed by atoms with E-state index in [1.54, 1.807) is 51.6 Å². The maximum atomic E-state index is 13.0. The highest BCUT2D eigenvalue weighted by atomic mass is 16.5. The summed E-state index contributed by atoms with van der Waals surface area (Å²) in [6.07, 6.45) is 1.54. The van der Waals surface area contributed by atoms with Crippen LogP contribution in [0.1, 0.15) is 29.4 Å². The Balaban J connectivity index is 1.83. The third-order valence-corrected chi connectivity index (χ3v) is 5.28. The van der Waals surface area contributed by atoms with Gasteiger partial charge in [0.1, 0.15) is 11.3 Å². The summed E-state index contributed by atoms with van der Waals surface area (Å²) in [7, 11) is 3.23. The average Bonchev–Trinajstić information content (AvgIpc) is 3.11. The van der Waals surface area contributed by atoms with Gasteiger partial charge in [0.05, 0.1) is 19.9 Å². The Labute approximate surface area is 170 Å². The van der Waals surface area contributed by atoms with Crippen molar-refractivity contribution in [1.29, 1.82) is 0 Å². The molecule has 3 amide bonds. The fourth-order valence-corrected chi connectivity index (χ4v) is 3.45. The summed E-state index contributed by atoms with van der Waals surface area (Å²) in [6.45, 7) is 6.95. The minimum Gasteiger partial charge on any atom is -0.497 e. The van der Waals surface area contributed by atoms with Crippen LogP contribution in [-0.2, 0) is 21.6 Å². The molecule has 1 N–H and O–H groups in total. The lowest BCUT2D eigenvalue weighted by molar-refractivity contribution is -0.131. The number of hydrogen-bond acceptors (Lipinski definition) is 5. The van der Waals surface area contributed by atoms with Gasteiger partial charge in [0.15, 0.2) is 0 Å². The molecule has 0 bridgehead atoms. The molecule has 1 fully saturated rings. The summed E-state index contributed by atoms with van der Waals surface area (Å²) >= 11 is 0. The van der Waals surface area contributed by atoms with E-state index in [-0.39, 0.29) is 0 Å². The van der Waals surface area contributed by atoms with Crippen LogP contribution in [0.4, 0.5) is 4.79 Å². The number of ether oxygens (including phenoxy) is 2. The molecule has 0 aliphatic carbocycles. The van der Waals surface area contributed by atoms with Crippen LogP contribution in [0.3, 0.4) is 0 Å². The molecule has 0 unspecified atom stereocenters. The van der Waals surface area contributed by atoms with Gasteiger partial charge in [0.2, 0.25) is 0 Å². The summed E-state index contributed by atoms with van der Waals surface area (Å²) in [5.74, 6) is 0.241. The standard InChI is InChI=1S/C21H26N4O4/c1-14-12-16(15(2)24(14)10-11-28-4)13-22-25-19(26)21(3,23-20(25)27)17-6-8-18(29-5)9-7-17/h6-9,12-13H,10-11H2,1-5H3,(H,23,27)/t21-/m1/s1. The van der Waals surface area contributed by atoms with Crippen LogP contribution in [0.5, 0.6) is 5.75 Å². The van der Waals surface area contributed by atoms with Crippen molar-refractivity contribution in [2.75, 3.05) is 20.8 Å². The number of nitrogens with one attached hydrogen (secondary N) is 1. The quantitative estimate of drug-likeness (QED) is 0.574. The second-order valence-electron chi connectivity index (χ2n) is 7.12. The minimum atomic E-state index is -1.18. The van der Waals surface area contributed by atoms with Crippen LogP contribution < -0.4 is 10.1 Å². The van der Waals surface area contributed by atoms with Crippen molar-refractivity contribution in [1.82, 2.24) is 14.9 Å². The SMILES string of the molecule is COCCn1c(C)cc(C=NN2C(=O)N[C@](C)(c3ccc(OC)cc3)C2=O)c1C. The zero-order valence-electron chi connectivity index (χ0n) is 17.4. The van der Waals surface area contributed by atoms with Gasteiger partial charge in [-0.3, -0.25) is 4.79 Å². The number of benzene rings is 1. The van der Waals surface area contributed by atoms with E-state index in [1.165, 1.54) is 0 Å². The minimum absolute atomic E-state index is 0.433. The number of rotatable bonds is 7. The van der Waals surface area contributed by atoms with Crippen molar-refractivity contribution >= 4 is 18.2 Å². The first-order chi connectivity index (χ1) is 13.8. The molecule has 154 valence electrons. The van der Waals surface area contributed by atoms with E-state index in [4.69, 9.17) is 9.47 Å². The maximum absolute atomic E-state index is 13.0. The molecule has 1 aliphatic heterocycles. The first-order valence-corrected chi connectivity index (χ1v) is 9.32. The molecule has 2 aromatic rings. The predicted molar refractivity (Wildman–Crippen MR) is 109 cm³/mol. The Hall–Kier alpha value is -3.13. The molecule has 0 spiro atoms. The van der Waals surface area contributed by atoms with Crippen molar-refractivity contribution in [3.8, 4) is 5.75 Å². The third kappa shape index (κ3) is 3.75. The monoisotopic (exact) mass is 398 g/mol. The van der Waals surface area contributed by atoms with E-state index in [2.05, 4.69) is 15.0 Å². The van der Waals surface area contributed by atoms with Gasteiger partial charge in [-0.15, -0.1) is 5.01 Å². The van der Waals surface area contributed by atoms with E-state index in [9.17, 15) is 9.59 Å². The van der Waals surface area contributed by atoms with E-state index >= 15 is 0 Å². The molecule has 0 radical (unpaired) electrons. The van der Waals surface area contributed by atoms with Crippen LogP contribution in [-0.4, -0.2) is 48.6 Å². The Morgan fingerprint density at radius 2 is 1.86 bits per heavy atom. The fraction of sp³-hybridized carbons (Fsp3) is 0.381. The van der Waals surface area contributed by atoms with Gasteiger partial charge in [0, 0.05) is 30.6 Å². The molecular formula is C21H26N4O4. The normalized spacial score (nSPS) is 19.3. The molecule has 1 aliphatic rings. The summed E-state index contributed by atoms with van der Waals surface area (Å²) in [4.78, 5) is 25.4. The van der Waals surface area contributed by atoms with Crippen LogP contribution in [0.25, 0.3) is 0 Å². The van der Waals surface area contributed by atoms with Gasteiger partial charge in [-0.25, -0.2) is 4.79 Å². The summed E-state index contributed by atoms with van der Waals surface area (Å²) in [5, 5.41) is 7.80. The van der Waals surface area contributed by atoms with Gasteiger partial charge < -0.3 is 19.4 Å². The van der Waals surface area contributed by atoms with Crippen LogP contribution in [0.2, 0.25) is 0 Å². The number of hydrogen-bond donors (Lipinski definition) is 1. The first kappa shape index (κ1) is 20.6. The second-order valence-corrected chi connectivity index (χ2v) is 7.12. The zero-order valence-corrected chi connectivity index (χ0v) is 17.4. The van der Waals surface area contributed by atoms with Crippen LogP contribution in [0.15, 0.2) is 35.4 Å². The number of methoxy groups -OCH3 is 2. The molecule has 1 aromatic heterocycles. The number of aromatic nitrogens is 1. The second kappa shape index (κ2) is 8.08. The van der Waals surface area contributed by atoms with Crippen molar-refractivity contribution in [2.24, 2.45) is 5.10 Å². The van der Waals surface area contributed by atoms with Crippen LogP contribution >= 0.6 is 0 Å². The number of carbonyl (C=O) groups is 2. The zero-order chi connectivity index (χ0) is 21.2. The Morgan fingerprint density at radius 3 is 2.48 bits per heavy atom. The summed E-state index contributed by atoms with van der Waals surface area (Å²) < 4.78 is 12.4. The predicted octanol–water partition coefficient (Wildman–Crippen LogP) is 2.56. The Morgan fingerprint density at radius 1 is 1.17 bits per heavy atom. The highest BCUT2D eigenvalue weighted by Crippen LogP contribution is 2.30. The fourth-order valence-electron chi connectivity index (χ4n) is 3.45. The lowest BCUT2D eigenvalue weighted by atomic mass is 9.92. The molecule has 0 saturated carbocycles. The molecule has 8 heteroatoms. The van der Waals surface area contributed by atoms with E-state index in [0.717, 1.165) is 28.5 Å². The van der Waals surface area contributed by atoms with Gasteiger partial charge in [-0.1, -0.05) is 12.1 Å². The average molecular weight is 398 g/mol. The summed E-state index contributed by atoms with van der Waals surface area (Å²) in [5.41, 5.74) is 2.37. The highest BCUT2D eigenvalue weighted by Gasteiger charge is 2.49. The molecule has 1 saturated heterocycles. The first-order valence-electron chi connectivity index (χ1n) is 9.32. The molecule has 1 aromatic carbocycles. The summed E-state index contributed by atoms with van der Waals surface area (Å²) in [6, 6.07) is 8.43. The smallest absolute Gasteiger partial charge is 0.346 e. The molecule has 1 atom stereocenters. The highest BCUT2D eigenvalue weighted by molar-refractivity contribution is 6.07. The number of hydrazone groups is 1. The van der Waals surface area contributed by atoms with Crippen molar-refractivity contribution in [3.05, 3.63) is 52.8 Å². The number of nitrogens with zero attached hydrogens (tertiary/aromatic N) is 3. The maximum Gasteiger partial charge on any atom is 0.346 e.